The third kappa shape index (κ3) is 3.90. The molecule has 1 rings (SSSR count). The average molecular weight is 305 g/mol. The first-order valence-corrected chi connectivity index (χ1v) is 4.67. The predicted octanol–water partition coefficient (Wildman–Crippen LogP) is 2.33. The Morgan fingerprint density at radius 1 is 1.25 bits per heavy atom. The summed E-state index contributed by atoms with van der Waals surface area (Å²) in [7, 11) is 0. The summed E-state index contributed by atoms with van der Waals surface area (Å²) >= 11 is 0. The van der Waals surface area contributed by atoms with Crippen molar-refractivity contribution in [3.63, 3.8) is 0 Å². The van der Waals surface area contributed by atoms with Gasteiger partial charge in [-0.2, -0.15) is 13.2 Å². The zero-order chi connectivity index (χ0) is 15.7. The highest BCUT2D eigenvalue weighted by atomic mass is 19.4. The van der Waals surface area contributed by atoms with Gasteiger partial charge in [-0.15, -0.1) is 13.2 Å². The van der Waals surface area contributed by atoms with Gasteiger partial charge in [0.2, 0.25) is 0 Å². The highest BCUT2D eigenvalue weighted by Gasteiger charge is 2.42. The van der Waals surface area contributed by atoms with E-state index in [0.29, 0.717) is 0 Å². The van der Waals surface area contributed by atoms with Crippen LogP contribution in [0.5, 0.6) is 11.5 Å². The Kier molecular flexibility index (Phi) is 4.01. The minimum Gasteiger partial charge on any atom is -0.503 e. The van der Waals surface area contributed by atoms with Crippen LogP contribution >= 0.6 is 0 Å². The van der Waals surface area contributed by atoms with E-state index in [1.54, 1.807) is 0 Å². The van der Waals surface area contributed by atoms with E-state index >= 15 is 0 Å². The first kappa shape index (κ1) is 15.9. The number of carbonyl (C=O) groups is 1. The number of ether oxygens (including phenoxy) is 1. The van der Waals surface area contributed by atoms with Gasteiger partial charge in [0.25, 0.3) is 0 Å². The standard InChI is InChI=1S/C9H5F6NO4/c10-8(11,12)3-2-16-4(1-5(17)18)6(19)7(3)20-9(13,14)15/h2,19H,1H2,(H,17,18). The minimum atomic E-state index is -5.50. The summed E-state index contributed by atoms with van der Waals surface area (Å²) in [5.41, 5.74) is -2.86. The second-order valence-corrected chi connectivity index (χ2v) is 3.41. The van der Waals surface area contributed by atoms with Crippen molar-refractivity contribution in [3.05, 3.63) is 17.5 Å². The van der Waals surface area contributed by atoms with Gasteiger partial charge in [0.05, 0.1) is 12.1 Å². The topological polar surface area (TPSA) is 79.7 Å². The molecule has 1 aromatic rings. The molecule has 2 N–H and O–H groups in total. The Balaban J connectivity index is 3.42. The lowest BCUT2D eigenvalue weighted by Crippen LogP contribution is -2.21. The quantitative estimate of drug-likeness (QED) is 0.838. The van der Waals surface area contributed by atoms with Gasteiger partial charge in [-0.3, -0.25) is 9.78 Å². The van der Waals surface area contributed by atoms with Gasteiger partial charge >= 0.3 is 18.5 Å². The van der Waals surface area contributed by atoms with E-state index in [1.165, 1.54) is 0 Å². The zero-order valence-corrected chi connectivity index (χ0v) is 9.21. The SMILES string of the molecule is O=C(O)Cc1ncc(C(F)(F)F)c(OC(F)(F)F)c1O. The number of aliphatic carboxylic acids is 1. The van der Waals surface area contributed by atoms with Gasteiger partial charge in [-0.05, 0) is 0 Å². The lowest BCUT2D eigenvalue weighted by molar-refractivity contribution is -0.276. The van der Waals surface area contributed by atoms with Crippen molar-refractivity contribution in [2.24, 2.45) is 0 Å². The van der Waals surface area contributed by atoms with Crippen LogP contribution in [0.1, 0.15) is 11.3 Å². The monoisotopic (exact) mass is 305 g/mol. The summed E-state index contributed by atoms with van der Waals surface area (Å²) in [4.78, 5) is 13.3. The molecular weight excluding hydrogens is 300 g/mol. The van der Waals surface area contributed by atoms with Crippen molar-refractivity contribution in [2.45, 2.75) is 19.0 Å². The van der Waals surface area contributed by atoms with Gasteiger partial charge in [-0.25, -0.2) is 0 Å². The molecule has 0 aliphatic carbocycles. The number of halogens is 6. The smallest absolute Gasteiger partial charge is 0.503 e. The van der Waals surface area contributed by atoms with Crippen molar-refractivity contribution >= 4 is 5.97 Å². The summed E-state index contributed by atoms with van der Waals surface area (Å²) < 4.78 is 76.7. The summed E-state index contributed by atoms with van der Waals surface area (Å²) in [6.45, 7) is 0. The Bertz CT molecular complexity index is 524. The Hall–Kier alpha value is -2.20. The minimum absolute atomic E-state index is 0.0426. The third-order valence-corrected chi connectivity index (χ3v) is 1.92. The van der Waals surface area contributed by atoms with Crippen LogP contribution in [0.15, 0.2) is 6.20 Å². The largest absolute Gasteiger partial charge is 0.573 e. The predicted molar refractivity (Wildman–Crippen MR) is 48.9 cm³/mol. The number of hydrogen-bond acceptors (Lipinski definition) is 4. The second kappa shape index (κ2) is 5.06. The normalized spacial score (nSPS) is 12.3. The molecule has 20 heavy (non-hydrogen) atoms. The first-order valence-electron chi connectivity index (χ1n) is 4.67. The molecule has 5 nitrogen and oxygen atoms in total. The maximum Gasteiger partial charge on any atom is 0.573 e. The molecule has 0 aromatic carbocycles. The number of carboxylic acid groups (broad SMARTS) is 1. The van der Waals surface area contributed by atoms with Crippen molar-refractivity contribution < 1.29 is 46.1 Å². The van der Waals surface area contributed by atoms with Gasteiger partial charge in [0.1, 0.15) is 5.56 Å². The molecule has 1 heterocycles. The second-order valence-electron chi connectivity index (χ2n) is 3.41. The molecule has 112 valence electrons. The van der Waals surface area contributed by atoms with Gasteiger partial charge in [0.15, 0.2) is 11.5 Å². The van der Waals surface area contributed by atoms with Crippen LogP contribution in [-0.2, 0) is 17.4 Å². The average Bonchev–Trinajstić information content (AvgIpc) is 2.19. The Labute approximate surface area is 106 Å². The van der Waals surface area contributed by atoms with Crippen LogP contribution in [0.3, 0.4) is 0 Å². The number of hydrogen-bond donors (Lipinski definition) is 2. The maximum atomic E-state index is 12.5. The van der Waals surface area contributed by atoms with Gasteiger partial charge < -0.3 is 14.9 Å². The summed E-state index contributed by atoms with van der Waals surface area (Å²) in [5, 5.41) is 17.7. The lowest BCUT2D eigenvalue weighted by Gasteiger charge is -2.17. The summed E-state index contributed by atoms with van der Waals surface area (Å²) in [6, 6.07) is 0. The highest BCUT2D eigenvalue weighted by Crippen LogP contribution is 2.44. The molecule has 0 saturated carbocycles. The molecular formula is C9H5F6NO4. The summed E-state index contributed by atoms with van der Waals surface area (Å²) in [6.07, 6.45) is -11.9. The molecule has 0 saturated heterocycles. The van der Waals surface area contributed by atoms with E-state index in [9.17, 15) is 36.2 Å². The number of aromatic hydroxyl groups is 1. The number of nitrogens with zero attached hydrogens (tertiary/aromatic N) is 1. The number of rotatable bonds is 3. The molecule has 0 amide bonds. The van der Waals surface area contributed by atoms with E-state index in [2.05, 4.69) is 9.72 Å². The van der Waals surface area contributed by atoms with Crippen LogP contribution in [-0.4, -0.2) is 27.5 Å². The molecule has 0 fully saturated rings. The fourth-order valence-corrected chi connectivity index (χ4v) is 1.21. The number of carboxylic acids is 1. The Morgan fingerprint density at radius 3 is 2.20 bits per heavy atom. The van der Waals surface area contributed by atoms with Crippen LogP contribution in [0.4, 0.5) is 26.3 Å². The van der Waals surface area contributed by atoms with E-state index in [4.69, 9.17) is 5.11 Å². The van der Waals surface area contributed by atoms with E-state index in [0.717, 1.165) is 0 Å². The first-order chi connectivity index (χ1) is 8.92. The molecule has 0 aliphatic rings. The molecule has 1 aromatic heterocycles. The fraction of sp³-hybridized carbons (Fsp3) is 0.333. The van der Waals surface area contributed by atoms with E-state index in [-0.39, 0.29) is 6.20 Å². The lowest BCUT2D eigenvalue weighted by atomic mass is 10.1. The molecule has 0 unspecified atom stereocenters. The van der Waals surface area contributed by atoms with Crippen LogP contribution in [0.25, 0.3) is 0 Å². The van der Waals surface area contributed by atoms with Crippen molar-refractivity contribution in [1.29, 1.82) is 0 Å². The maximum absolute atomic E-state index is 12.5. The van der Waals surface area contributed by atoms with Crippen molar-refractivity contribution in [3.8, 4) is 11.5 Å². The number of pyridine rings is 1. The van der Waals surface area contributed by atoms with Crippen LogP contribution in [0, 0.1) is 0 Å². The van der Waals surface area contributed by atoms with E-state index in [1.807, 2.05) is 0 Å². The zero-order valence-electron chi connectivity index (χ0n) is 9.21. The molecule has 11 heteroatoms. The number of alkyl halides is 6. The molecule has 0 bridgehead atoms. The van der Waals surface area contributed by atoms with Crippen LogP contribution in [0.2, 0.25) is 0 Å². The highest BCUT2D eigenvalue weighted by molar-refractivity contribution is 5.71. The molecule has 0 atom stereocenters. The van der Waals surface area contributed by atoms with E-state index < -0.39 is 47.7 Å². The molecule has 0 aliphatic heterocycles. The molecule has 0 radical (unpaired) electrons. The molecule has 0 spiro atoms. The Morgan fingerprint density at radius 2 is 1.80 bits per heavy atom. The summed E-state index contributed by atoms with van der Waals surface area (Å²) in [5.74, 6) is -5.17. The number of aromatic nitrogens is 1. The van der Waals surface area contributed by atoms with Gasteiger partial charge in [-0.1, -0.05) is 0 Å². The third-order valence-electron chi connectivity index (χ3n) is 1.92. The van der Waals surface area contributed by atoms with Crippen molar-refractivity contribution in [2.75, 3.05) is 0 Å². The van der Waals surface area contributed by atoms with Gasteiger partial charge in [0, 0.05) is 6.20 Å². The van der Waals surface area contributed by atoms with Crippen molar-refractivity contribution in [1.82, 2.24) is 4.98 Å². The fourth-order valence-electron chi connectivity index (χ4n) is 1.21. The van der Waals surface area contributed by atoms with Crippen LogP contribution < -0.4 is 4.74 Å².